The Hall–Kier alpha value is -1.42. The van der Waals surface area contributed by atoms with Crippen molar-refractivity contribution >= 4 is 23.7 Å². The van der Waals surface area contributed by atoms with Crippen LogP contribution in [0.25, 0.3) is 0 Å². The molecule has 0 unspecified atom stereocenters. The van der Waals surface area contributed by atoms with Crippen LogP contribution < -0.4 is 0 Å². The van der Waals surface area contributed by atoms with Crippen LogP contribution in [0, 0.1) is 0 Å². The second-order valence-electron chi connectivity index (χ2n) is 2.82. The number of carbonyl (C=O) groups excluding carboxylic acids is 1. The number of thiocarbonyl (C=S) groups is 1. The number of rotatable bonds is 6. The van der Waals surface area contributed by atoms with E-state index in [0.29, 0.717) is 25.2 Å². The van der Waals surface area contributed by atoms with Crippen molar-refractivity contribution in [2.45, 2.75) is 6.42 Å². The molecule has 4 heteroatoms. The van der Waals surface area contributed by atoms with Gasteiger partial charge in [-0.2, -0.15) is 0 Å². The van der Waals surface area contributed by atoms with Crippen LogP contribution in [0.15, 0.2) is 30.3 Å². The van der Waals surface area contributed by atoms with Crippen LogP contribution >= 0.6 is 12.2 Å². The van der Waals surface area contributed by atoms with E-state index in [9.17, 15) is 4.79 Å². The Balaban J connectivity index is 2.22. The smallest absolute Gasteiger partial charge is 0.338 e. The molecule has 0 atom stereocenters. The van der Waals surface area contributed by atoms with Gasteiger partial charge in [0.05, 0.1) is 18.8 Å². The van der Waals surface area contributed by atoms with Crippen molar-refractivity contribution in [3.05, 3.63) is 35.9 Å². The lowest BCUT2D eigenvalue weighted by atomic mass is 10.2. The molecule has 0 fully saturated rings. The van der Waals surface area contributed by atoms with Crippen LogP contribution in [0.1, 0.15) is 16.8 Å². The first-order valence-electron chi connectivity index (χ1n) is 4.62. The van der Waals surface area contributed by atoms with Crippen molar-refractivity contribution < 1.29 is 14.3 Å². The van der Waals surface area contributed by atoms with Gasteiger partial charge in [-0.15, -0.1) is 0 Å². The maximum absolute atomic E-state index is 11.4. The monoisotopic (exact) mass is 224 g/mol. The largest absolute Gasteiger partial charge is 0.490 e. The quantitative estimate of drug-likeness (QED) is 0.421. The Morgan fingerprint density at radius 1 is 1.27 bits per heavy atom. The highest BCUT2D eigenvalue weighted by Crippen LogP contribution is 2.01. The SMILES string of the molecule is O=C(OCCCOC=S)c1ccccc1. The van der Waals surface area contributed by atoms with Crippen LogP contribution in [-0.2, 0) is 9.47 Å². The Morgan fingerprint density at radius 2 is 2.00 bits per heavy atom. The van der Waals surface area contributed by atoms with E-state index < -0.39 is 0 Å². The third kappa shape index (κ3) is 4.56. The van der Waals surface area contributed by atoms with Gasteiger partial charge >= 0.3 is 5.97 Å². The molecule has 1 aromatic carbocycles. The predicted molar refractivity (Wildman–Crippen MR) is 60.9 cm³/mol. The van der Waals surface area contributed by atoms with E-state index in [-0.39, 0.29) is 5.97 Å². The molecule has 0 radical (unpaired) electrons. The van der Waals surface area contributed by atoms with Crippen LogP contribution in [0.5, 0.6) is 0 Å². The summed E-state index contributed by atoms with van der Waals surface area (Å²) in [6.07, 6.45) is 0.645. The summed E-state index contributed by atoms with van der Waals surface area (Å²) in [5, 5.41) is 0. The molecule has 0 aliphatic heterocycles. The first-order chi connectivity index (χ1) is 7.34. The van der Waals surface area contributed by atoms with Crippen LogP contribution in [0.3, 0.4) is 0 Å². The average molecular weight is 224 g/mol. The van der Waals surface area contributed by atoms with Gasteiger partial charge in [-0.25, -0.2) is 4.79 Å². The third-order valence-corrected chi connectivity index (χ3v) is 1.85. The number of esters is 1. The summed E-state index contributed by atoms with van der Waals surface area (Å²) in [7, 11) is 0. The van der Waals surface area contributed by atoms with E-state index in [4.69, 9.17) is 9.47 Å². The van der Waals surface area contributed by atoms with Crippen LogP contribution in [-0.4, -0.2) is 24.7 Å². The minimum absolute atomic E-state index is 0.307. The third-order valence-electron chi connectivity index (χ3n) is 1.72. The van der Waals surface area contributed by atoms with Crippen molar-refractivity contribution in [1.82, 2.24) is 0 Å². The maximum Gasteiger partial charge on any atom is 0.338 e. The van der Waals surface area contributed by atoms with E-state index in [2.05, 4.69) is 12.2 Å². The summed E-state index contributed by atoms with van der Waals surface area (Å²) in [5.74, 6) is -0.307. The molecule has 0 heterocycles. The molecule has 0 saturated heterocycles. The molecule has 80 valence electrons. The number of benzene rings is 1. The van der Waals surface area contributed by atoms with E-state index in [1.54, 1.807) is 24.3 Å². The Morgan fingerprint density at radius 3 is 2.67 bits per heavy atom. The number of carbonyl (C=O) groups is 1. The highest BCUT2D eigenvalue weighted by Gasteiger charge is 2.04. The standard InChI is InChI=1S/C11H12O3S/c12-11(10-5-2-1-3-6-10)14-8-4-7-13-9-15/h1-3,5-6,9H,4,7-8H2. The molecule has 0 aliphatic rings. The molecule has 15 heavy (non-hydrogen) atoms. The van der Waals surface area contributed by atoms with Crippen LogP contribution in [0.4, 0.5) is 0 Å². The van der Waals surface area contributed by atoms with E-state index in [1.165, 1.54) is 5.55 Å². The first-order valence-corrected chi connectivity index (χ1v) is 5.09. The lowest BCUT2D eigenvalue weighted by Gasteiger charge is -2.03. The molecule has 1 aromatic rings. The molecule has 0 aliphatic carbocycles. The molecule has 3 nitrogen and oxygen atoms in total. The first kappa shape index (κ1) is 11.7. The lowest BCUT2D eigenvalue weighted by Crippen LogP contribution is -2.07. The van der Waals surface area contributed by atoms with Crippen molar-refractivity contribution in [1.29, 1.82) is 0 Å². The topological polar surface area (TPSA) is 35.5 Å². The van der Waals surface area contributed by atoms with Gasteiger partial charge in [0.15, 0.2) is 0 Å². The molecule has 0 amide bonds. The summed E-state index contributed by atoms with van der Waals surface area (Å²) in [6, 6.07) is 8.88. The van der Waals surface area contributed by atoms with Gasteiger partial charge in [-0.3, -0.25) is 0 Å². The van der Waals surface area contributed by atoms with Gasteiger partial charge in [0.25, 0.3) is 0 Å². The molecule has 0 saturated carbocycles. The van der Waals surface area contributed by atoms with Gasteiger partial charge in [0.2, 0.25) is 0 Å². The van der Waals surface area contributed by atoms with Crippen molar-refractivity contribution in [3.63, 3.8) is 0 Å². The zero-order valence-electron chi connectivity index (χ0n) is 8.22. The fourth-order valence-corrected chi connectivity index (χ4v) is 1.11. The fourth-order valence-electron chi connectivity index (χ4n) is 1.01. The van der Waals surface area contributed by atoms with E-state index in [1.807, 2.05) is 6.07 Å². The summed E-state index contributed by atoms with van der Waals surface area (Å²) < 4.78 is 9.83. The summed E-state index contributed by atoms with van der Waals surface area (Å²) in [5.41, 5.74) is 1.77. The minimum Gasteiger partial charge on any atom is -0.490 e. The zero-order valence-corrected chi connectivity index (χ0v) is 9.03. The molecule has 0 aromatic heterocycles. The Kier molecular flexibility index (Phi) is 5.40. The highest BCUT2D eigenvalue weighted by atomic mass is 32.1. The lowest BCUT2D eigenvalue weighted by molar-refractivity contribution is 0.0485. The molecule has 0 N–H and O–H groups in total. The van der Waals surface area contributed by atoms with Crippen molar-refractivity contribution in [2.75, 3.05) is 13.2 Å². The Bertz CT molecular complexity index is 311. The fraction of sp³-hybridized carbons (Fsp3) is 0.273. The molecule has 0 spiro atoms. The maximum atomic E-state index is 11.4. The Labute approximate surface area is 94.0 Å². The van der Waals surface area contributed by atoms with Crippen molar-refractivity contribution in [2.24, 2.45) is 0 Å². The second kappa shape index (κ2) is 6.95. The van der Waals surface area contributed by atoms with Crippen molar-refractivity contribution in [3.8, 4) is 0 Å². The molecule has 1 rings (SSSR count). The van der Waals surface area contributed by atoms with Gasteiger partial charge in [0.1, 0.15) is 5.55 Å². The number of ether oxygens (including phenoxy) is 2. The number of hydrogen-bond donors (Lipinski definition) is 0. The summed E-state index contributed by atoms with van der Waals surface area (Å²) in [4.78, 5) is 11.4. The molecule has 0 bridgehead atoms. The molecular formula is C11H12O3S. The normalized spacial score (nSPS) is 9.33. The summed E-state index contributed by atoms with van der Waals surface area (Å²) in [6.45, 7) is 0.822. The summed E-state index contributed by atoms with van der Waals surface area (Å²) >= 11 is 4.47. The van der Waals surface area contributed by atoms with Gasteiger partial charge < -0.3 is 9.47 Å². The molecular weight excluding hydrogens is 212 g/mol. The zero-order chi connectivity index (χ0) is 10.9. The van der Waals surface area contributed by atoms with Gasteiger partial charge in [-0.05, 0) is 24.4 Å². The number of hydrogen-bond acceptors (Lipinski definition) is 4. The average Bonchev–Trinajstić information content (AvgIpc) is 2.30. The predicted octanol–water partition coefficient (Wildman–Crippen LogP) is 2.21. The van der Waals surface area contributed by atoms with Gasteiger partial charge in [-0.1, -0.05) is 18.2 Å². The minimum atomic E-state index is -0.307. The highest BCUT2D eigenvalue weighted by molar-refractivity contribution is 7.78. The van der Waals surface area contributed by atoms with Gasteiger partial charge in [0, 0.05) is 6.42 Å². The van der Waals surface area contributed by atoms with Crippen LogP contribution in [0.2, 0.25) is 0 Å². The van der Waals surface area contributed by atoms with E-state index in [0.717, 1.165) is 0 Å². The second-order valence-corrected chi connectivity index (χ2v) is 3.01. The van der Waals surface area contributed by atoms with E-state index >= 15 is 0 Å².